The van der Waals surface area contributed by atoms with Crippen LogP contribution in [0, 0.1) is 5.82 Å². The summed E-state index contributed by atoms with van der Waals surface area (Å²) in [5.41, 5.74) is -2.00. The number of primary sulfonamides is 1. The van der Waals surface area contributed by atoms with Crippen LogP contribution in [0.3, 0.4) is 0 Å². The van der Waals surface area contributed by atoms with Gasteiger partial charge in [-0.3, -0.25) is 0 Å². The molecule has 1 aromatic carbocycles. The largest absolute Gasteiger partial charge is 0.573 e. The maximum atomic E-state index is 14.0. The second kappa shape index (κ2) is 8.40. The number of ether oxygens (including phenoxy) is 1. The average Bonchev–Trinajstić information content (AvgIpc) is 3.10. The van der Waals surface area contributed by atoms with Gasteiger partial charge in [-0.15, -0.1) is 23.4 Å². The van der Waals surface area contributed by atoms with E-state index in [1.54, 1.807) is 0 Å². The summed E-state index contributed by atoms with van der Waals surface area (Å²) < 4.78 is 77.6. The summed E-state index contributed by atoms with van der Waals surface area (Å²) in [6.07, 6.45) is -4.94. The molecule has 3 rings (SSSR count). The molecule has 15 heteroatoms. The van der Waals surface area contributed by atoms with Gasteiger partial charge in [0.2, 0.25) is 15.8 Å². The molecule has 0 fully saturated rings. The lowest BCUT2D eigenvalue weighted by Gasteiger charge is -2.21. The van der Waals surface area contributed by atoms with Crippen molar-refractivity contribution in [3.63, 3.8) is 0 Å². The first-order chi connectivity index (χ1) is 14.7. The number of sulfonamides is 1. The normalized spacial score (nSPS) is 14.2. The molecule has 10 nitrogen and oxygen atoms in total. The molecule has 3 N–H and O–H groups in total. The summed E-state index contributed by atoms with van der Waals surface area (Å²) in [7, 11) is -4.01. The highest BCUT2D eigenvalue weighted by molar-refractivity contribution is 7.89. The number of nitrogens with zero attached hydrogens (tertiary/aromatic N) is 5. The lowest BCUT2D eigenvalue weighted by molar-refractivity contribution is -0.274. The van der Waals surface area contributed by atoms with Crippen molar-refractivity contribution in [3.8, 4) is 17.3 Å². The third-order valence-electron chi connectivity index (χ3n) is 4.03. The smallest absolute Gasteiger partial charge is 0.406 e. The van der Waals surface area contributed by atoms with Crippen molar-refractivity contribution in [2.24, 2.45) is 5.14 Å². The maximum Gasteiger partial charge on any atom is 0.573 e. The van der Waals surface area contributed by atoms with Crippen LogP contribution < -0.4 is 9.88 Å². The zero-order valence-corrected chi connectivity index (χ0v) is 17.1. The molecule has 1 unspecified atom stereocenters. The highest BCUT2D eigenvalue weighted by atomic mass is 32.2. The van der Waals surface area contributed by atoms with Crippen molar-refractivity contribution in [1.29, 1.82) is 0 Å². The SMILES string of the molecule is CC(O)(CS(N)(=O)=O)c1cccc(-c2nnn(Cc3cc(OC(F)(F)F)ccc3F)n2)n1. The lowest BCUT2D eigenvalue weighted by atomic mass is 10.0. The van der Waals surface area contributed by atoms with Gasteiger partial charge in [0.25, 0.3) is 0 Å². The van der Waals surface area contributed by atoms with E-state index in [1.807, 2.05) is 0 Å². The number of aromatic nitrogens is 5. The molecule has 0 bridgehead atoms. The number of aliphatic hydroxyl groups is 1. The van der Waals surface area contributed by atoms with Crippen LogP contribution in [-0.2, 0) is 22.2 Å². The first-order valence-electron chi connectivity index (χ1n) is 8.75. The number of alkyl halides is 3. The van der Waals surface area contributed by atoms with Crippen LogP contribution in [0.15, 0.2) is 36.4 Å². The molecule has 2 aromatic heterocycles. The molecule has 0 spiro atoms. The van der Waals surface area contributed by atoms with Gasteiger partial charge in [0.15, 0.2) is 0 Å². The topological polar surface area (TPSA) is 146 Å². The van der Waals surface area contributed by atoms with Crippen molar-refractivity contribution >= 4 is 10.0 Å². The van der Waals surface area contributed by atoms with Crippen molar-refractivity contribution in [2.75, 3.05) is 5.75 Å². The Balaban J connectivity index is 1.84. The van der Waals surface area contributed by atoms with Gasteiger partial charge >= 0.3 is 6.36 Å². The van der Waals surface area contributed by atoms with E-state index in [0.29, 0.717) is 0 Å². The number of rotatable bonds is 7. The molecule has 0 aliphatic carbocycles. The van der Waals surface area contributed by atoms with E-state index < -0.39 is 39.3 Å². The van der Waals surface area contributed by atoms with Crippen LogP contribution >= 0.6 is 0 Å². The monoisotopic (exact) mass is 476 g/mol. The Kier molecular flexibility index (Phi) is 6.17. The molecule has 0 aliphatic heterocycles. The van der Waals surface area contributed by atoms with Crippen molar-refractivity contribution in [1.82, 2.24) is 25.2 Å². The zero-order chi connectivity index (χ0) is 23.7. The summed E-state index contributed by atoms with van der Waals surface area (Å²) in [5.74, 6) is -2.26. The lowest BCUT2D eigenvalue weighted by Crippen LogP contribution is -2.35. The first kappa shape index (κ1) is 23.5. The predicted octanol–water partition coefficient (Wildman–Crippen LogP) is 1.32. The number of benzene rings is 1. The molecule has 0 radical (unpaired) electrons. The van der Waals surface area contributed by atoms with Gasteiger partial charge in [-0.25, -0.2) is 22.9 Å². The number of tetrazole rings is 1. The van der Waals surface area contributed by atoms with Crippen molar-refractivity contribution < 1.29 is 35.8 Å². The average molecular weight is 476 g/mol. The molecular weight excluding hydrogens is 460 g/mol. The van der Waals surface area contributed by atoms with E-state index in [9.17, 15) is 31.1 Å². The highest BCUT2D eigenvalue weighted by Crippen LogP contribution is 2.25. The minimum Gasteiger partial charge on any atom is -0.406 e. The summed E-state index contributed by atoms with van der Waals surface area (Å²) in [5, 5.41) is 26.9. The molecule has 172 valence electrons. The predicted molar refractivity (Wildman–Crippen MR) is 101 cm³/mol. The quantitative estimate of drug-likeness (QED) is 0.486. The number of nitrogens with two attached hydrogens (primary N) is 1. The molecule has 2 heterocycles. The summed E-state index contributed by atoms with van der Waals surface area (Å²) in [6, 6.07) is 6.79. The molecule has 0 aliphatic rings. The number of pyridine rings is 1. The van der Waals surface area contributed by atoms with Crippen molar-refractivity contribution in [2.45, 2.75) is 25.4 Å². The van der Waals surface area contributed by atoms with Crippen LogP contribution in [0.2, 0.25) is 0 Å². The van der Waals surface area contributed by atoms with Gasteiger partial charge in [0, 0.05) is 5.56 Å². The second-order valence-corrected chi connectivity index (χ2v) is 8.55. The Morgan fingerprint density at radius 3 is 2.59 bits per heavy atom. The Morgan fingerprint density at radius 2 is 1.94 bits per heavy atom. The first-order valence-corrected chi connectivity index (χ1v) is 10.5. The van der Waals surface area contributed by atoms with E-state index in [2.05, 4.69) is 25.1 Å². The Hall–Kier alpha value is -3.17. The van der Waals surface area contributed by atoms with Gasteiger partial charge in [-0.05, 0) is 42.5 Å². The summed E-state index contributed by atoms with van der Waals surface area (Å²) in [4.78, 5) is 5.04. The molecule has 0 amide bonds. The van der Waals surface area contributed by atoms with Crippen LogP contribution in [-0.4, -0.2) is 50.8 Å². The Labute approximate surface area is 178 Å². The van der Waals surface area contributed by atoms with Crippen LogP contribution in [0.4, 0.5) is 17.6 Å². The molecule has 0 saturated carbocycles. The number of hydrogen-bond donors (Lipinski definition) is 2. The molecule has 3 aromatic rings. The minimum atomic E-state index is -4.94. The van der Waals surface area contributed by atoms with Crippen LogP contribution in [0.25, 0.3) is 11.5 Å². The van der Waals surface area contributed by atoms with E-state index in [4.69, 9.17) is 5.14 Å². The fourth-order valence-electron chi connectivity index (χ4n) is 2.76. The fraction of sp³-hybridized carbons (Fsp3) is 0.294. The molecule has 32 heavy (non-hydrogen) atoms. The minimum absolute atomic E-state index is 0.0246. The van der Waals surface area contributed by atoms with E-state index >= 15 is 0 Å². The molecular formula is C17H16F4N6O4S. The second-order valence-electron chi connectivity index (χ2n) is 6.93. The van der Waals surface area contributed by atoms with E-state index in [0.717, 1.165) is 23.0 Å². The van der Waals surface area contributed by atoms with E-state index in [-0.39, 0.29) is 29.3 Å². The van der Waals surface area contributed by atoms with Gasteiger partial charge in [-0.2, -0.15) is 4.80 Å². The number of halogens is 4. The summed E-state index contributed by atoms with van der Waals surface area (Å²) >= 11 is 0. The number of hydrogen-bond acceptors (Lipinski definition) is 8. The van der Waals surface area contributed by atoms with Gasteiger partial charge < -0.3 is 9.84 Å². The van der Waals surface area contributed by atoms with Gasteiger partial charge in [0.1, 0.15) is 22.9 Å². The standard InChI is InChI=1S/C17H16F4N6O4S/c1-16(28,9-32(22,29)30)14-4-2-3-13(23-14)15-24-26-27(25-15)8-10-7-11(5-6-12(10)18)31-17(19,20)21/h2-7,28H,8-9H2,1H3,(H2,22,29,30). The van der Waals surface area contributed by atoms with E-state index in [1.165, 1.54) is 25.1 Å². The van der Waals surface area contributed by atoms with Crippen molar-refractivity contribution in [3.05, 3.63) is 53.5 Å². The molecule has 1 atom stereocenters. The third-order valence-corrected chi connectivity index (χ3v) is 4.99. The van der Waals surface area contributed by atoms with Gasteiger partial charge in [0.05, 0.1) is 18.0 Å². The zero-order valence-electron chi connectivity index (χ0n) is 16.3. The summed E-state index contributed by atoms with van der Waals surface area (Å²) in [6.45, 7) is 0.850. The Bertz CT molecular complexity index is 1230. The third kappa shape index (κ3) is 6.18. The van der Waals surface area contributed by atoms with Crippen LogP contribution in [0.5, 0.6) is 5.75 Å². The fourth-order valence-corrected chi connectivity index (χ4v) is 3.69. The Morgan fingerprint density at radius 1 is 1.22 bits per heavy atom. The highest BCUT2D eigenvalue weighted by Gasteiger charge is 2.32. The molecule has 0 saturated heterocycles. The maximum absolute atomic E-state index is 14.0. The van der Waals surface area contributed by atoms with Crippen LogP contribution in [0.1, 0.15) is 18.2 Å². The van der Waals surface area contributed by atoms with Gasteiger partial charge in [-0.1, -0.05) is 6.07 Å².